The molecule has 0 bridgehead atoms. The summed E-state index contributed by atoms with van der Waals surface area (Å²) in [5.74, 6) is 1.12. The average Bonchev–Trinajstić information content (AvgIpc) is 2.43. The highest BCUT2D eigenvalue weighted by atomic mass is 35.5. The first-order chi connectivity index (χ1) is 9.56. The number of amides is 1. The minimum atomic E-state index is 0.0912. The van der Waals surface area contributed by atoms with Crippen LogP contribution < -0.4 is 10.6 Å². The molecule has 1 aromatic rings. The van der Waals surface area contributed by atoms with Gasteiger partial charge in [-0.15, -0.1) is 0 Å². The number of aryl methyl sites for hydroxylation is 1. The maximum absolute atomic E-state index is 12.1. The van der Waals surface area contributed by atoms with Crippen LogP contribution in [0.15, 0.2) is 18.2 Å². The van der Waals surface area contributed by atoms with Crippen molar-refractivity contribution in [3.63, 3.8) is 0 Å². The quantitative estimate of drug-likeness (QED) is 0.890. The molecule has 0 saturated carbocycles. The van der Waals surface area contributed by atoms with E-state index in [4.69, 9.17) is 11.6 Å². The molecule has 1 aliphatic rings. The van der Waals surface area contributed by atoms with Crippen molar-refractivity contribution >= 4 is 23.2 Å². The molecule has 0 aliphatic carbocycles. The van der Waals surface area contributed by atoms with Crippen LogP contribution in [-0.2, 0) is 4.79 Å². The molecule has 1 saturated heterocycles. The Labute approximate surface area is 126 Å². The highest BCUT2D eigenvalue weighted by Crippen LogP contribution is 2.24. The Balaban J connectivity index is 1.88. The van der Waals surface area contributed by atoms with Gasteiger partial charge < -0.3 is 10.6 Å². The van der Waals surface area contributed by atoms with Gasteiger partial charge in [-0.2, -0.15) is 0 Å². The lowest BCUT2D eigenvalue weighted by molar-refractivity contribution is -0.117. The summed E-state index contributed by atoms with van der Waals surface area (Å²) in [5.41, 5.74) is 1.85. The molecule has 110 valence electrons. The smallest absolute Gasteiger partial charge is 0.224 e. The standard InChI is InChI=1S/C16H23ClN2O/c1-11(13-4-3-7-18-10-13)9-16(20)19-15-6-5-14(17)8-12(15)2/h5-6,8,11,13,18H,3-4,7,9-10H2,1-2H3,(H,19,20). The second-order valence-corrected chi connectivity index (χ2v) is 6.23. The average molecular weight is 295 g/mol. The highest BCUT2D eigenvalue weighted by molar-refractivity contribution is 6.30. The number of anilines is 1. The molecule has 0 aromatic heterocycles. The molecular weight excluding hydrogens is 272 g/mol. The molecule has 20 heavy (non-hydrogen) atoms. The van der Waals surface area contributed by atoms with Gasteiger partial charge in [0.2, 0.25) is 5.91 Å². The van der Waals surface area contributed by atoms with Crippen LogP contribution in [0.5, 0.6) is 0 Å². The van der Waals surface area contributed by atoms with E-state index in [9.17, 15) is 4.79 Å². The predicted octanol–water partition coefficient (Wildman–Crippen LogP) is 3.61. The summed E-state index contributed by atoms with van der Waals surface area (Å²) < 4.78 is 0. The topological polar surface area (TPSA) is 41.1 Å². The molecule has 1 amide bonds. The van der Waals surface area contributed by atoms with Gasteiger partial charge in [0.15, 0.2) is 0 Å². The van der Waals surface area contributed by atoms with E-state index in [-0.39, 0.29) is 5.91 Å². The summed E-state index contributed by atoms with van der Waals surface area (Å²) in [6.45, 7) is 6.27. The third-order valence-electron chi connectivity index (χ3n) is 4.11. The molecule has 2 atom stereocenters. The van der Waals surface area contributed by atoms with Gasteiger partial charge in [0.25, 0.3) is 0 Å². The normalized spacial score (nSPS) is 20.4. The van der Waals surface area contributed by atoms with Crippen molar-refractivity contribution in [2.24, 2.45) is 11.8 Å². The minimum Gasteiger partial charge on any atom is -0.326 e. The van der Waals surface area contributed by atoms with Gasteiger partial charge in [-0.25, -0.2) is 0 Å². The van der Waals surface area contributed by atoms with Gasteiger partial charge in [-0.05, 0) is 68.5 Å². The summed E-state index contributed by atoms with van der Waals surface area (Å²) in [6, 6.07) is 5.53. The van der Waals surface area contributed by atoms with E-state index < -0.39 is 0 Å². The van der Waals surface area contributed by atoms with E-state index >= 15 is 0 Å². The largest absolute Gasteiger partial charge is 0.326 e. The molecule has 2 N–H and O–H groups in total. The van der Waals surface area contributed by atoms with E-state index in [1.54, 1.807) is 6.07 Å². The lowest BCUT2D eigenvalue weighted by Gasteiger charge is -2.28. The Morgan fingerprint density at radius 1 is 1.55 bits per heavy atom. The first-order valence-corrected chi connectivity index (χ1v) is 7.71. The number of hydrogen-bond donors (Lipinski definition) is 2. The molecule has 2 rings (SSSR count). The third kappa shape index (κ3) is 4.22. The van der Waals surface area contributed by atoms with Crippen LogP contribution >= 0.6 is 11.6 Å². The first kappa shape index (κ1) is 15.3. The van der Waals surface area contributed by atoms with Crippen LogP contribution in [0.3, 0.4) is 0 Å². The van der Waals surface area contributed by atoms with Crippen LogP contribution in [-0.4, -0.2) is 19.0 Å². The van der Waals surface area contributed by atoms with Crippen molar-refractivity contribution < 1.29 is 4.79 Å². The molecule has 0 spiro atoms. The summed E-state index contributed by atoms with van der Waals surface area (Å²) in [6.07, 6.45) is 3.02. The minimum absolute atomic E-state index is 0.0912. The molecule has 0 radical (unpaired) electrons. The van der Waals surface area contributed by atoms with E-state index in [0.29, 0.717) is 23.3 Å². The van der Waals surface area contributed by atoms with Gasteiger partial charge in [0, 0.05) is 17.1 Å². The van der Waals surface area contributed by atoms with Gasteiger partial charge in [0.1, 0.15) is 0 Å². The molecular formula is C16H23ClN2O. The molecule has 1 aromatic carbocycles. The number of nitrogens with one attached hydrogen (secondary N) is 2. The molecule has 3 nitrogen and oxygen atoms in total. The predicted molar refractivity (Wildman–Crippen MR) is 84.2 cm³/mol. The van der Waals surface area contributed by atoms with Crippen LogP contribution in [0.25, 0.3) is 0 Å². The van der Waals surface area contributed by atoms with Gasteiger partial charge in [-0.1, -0.05) is 18.5 Å². The van der Waals surface area contributed by atoms with Crippen LogP contribution in [0.4, 0.5) is 5.69 Å². The SMILES string of the molecule is Cc1cc(Cl)ccc1NC(=O)CC(C)C1CCCNC1. The maximum Gasteiger partial charge on any atom is 0.224 e. The van der Waals surface area contributed by atoms with Gasteiger partial charge in [0.05, 0.1) is 0 Å². The van der Waals surface area contributed by atoms with Crippen molar-refractivity contribution in [3.8, 4) is 0 Å². The van der Waals surface area contributed by atoms with E-state index in [1.807, 2.05) is 19.1 Å². The Morgan fingerprint density at radius 3 is 3.00 bits per heavy atom. The van der Waals surface area contributed by atoms with E-state index in [1.165, 1.54) is 12.8 Å². The van der Waals surface area contributed by atoms with Crippen molar-refractivity contribution in [1.82, 2.24) is 5.32 Å². The molecule has 4 heteroatoms. The Bertz CT molecular complexity index is 470. The second kappa shape index (κ2) is 7.09. The zero-order valence-corrected chi connectivity index (χ0v) is 13.0. The van der Waals surface area contributed by atoms with Crippen molar-refractivity contribution in [1.29, 1.82) is 0 Å². The lowest BCUT2D eigenvalue weighted by atomic mass is 9.85. The summed E-state index contributed by atoms with van der Waals surface area (Å²) in [5, 5.41) is 7.09. The summed E-state index contributed by atoms with van der Waals surface area (Å²) in [4.78, 5) is 12.1. The van der Waals surface area contributed by atoms with Crippen LogP contribution in [0, 0.1) is 18.8 Å². The van der Waals surface area contributed by atoms with Crippen LogP contribution in [0.1, 0.15) is 31.7 Å². The second-order valence-electron chi connectivity index (χ2n) is 5.80. The number of carbonyl (C=O) groups is 1. The van der Waals surface area contributed by atoms with Crippen molar-refractivity contribution in [2.45, 2.75) is 33.1 Å². The number of piperidine rings is 1. The molecule has 2 unspecified atom stereocenters. The third-order valence-corrected chi connectivity index (χ3v) is 4.34. The Hall–Kier alpha value is -1.06. The van der Waals surface area contributed by atoms with Crippen molar-refractivity contribution in [3.05, 3.63) is 28.8 Å². The van der Waals surface area contributed by atoms with Gasteiger partial charge in [-0.3, -0.25) is 4.79 Å². The zero-order valence-electron chi connectivity index (χ0n) is 12.2. The maximum atomic E-state index is 12.1. The number of benzene rings is 1. The van der Waals surface area contributed by atoms with Crippen LogP contribution in [0.2, 0.25) is 5.02 Å². The van der Waals surface area contributed by atoms with E-state index in [2.05, 4.69) is 17.6 Å². The molecule has 1 aliphatic heterocycles. The fraction of sp³-hybridized carbons (Fsp3) is 0.562. The number of hydrogen-bond acceptors (Lipinski definition) is 2. The molecule has 1 heterocycles. The van der Waals surface area contributed by atoms with Gasteiger partial charge >= 0.3 is 0 Å². The van der Waals surface area contributed by atoms with Crippen molar-refractivity contribution in [2.75, 3.05) is 18.4 Å². The monoisotopic (exact) mass is 294 g/mol. The highest BCUT2D eigenvalue weighted by Gasteiger charge is 2.22. The number of halogens is 1. The summed E-state index contributed by atoms with van der Waals surface area (Å²) >= 11 is 5.92. The lowest BCUT2D eigenvalue weighted by Crippen LogP contribution is -2.34. The first-order valence-electron chi connectivity index (χ1n) is 7.33. The van der Waals surface area contributed by atoms with E-state index in [0.717, 1.165) is 24.3 Å². The Kier molecular flexibility index (Phi) is 5.44. The fourth-order valence-corrected chi connectivity index (χ4v) is 3.02. The summed E-state index contributed by atoms with van der Waals surface area (Å²) in [7, 11) is 0. The zero-order chi connectivity index (χ0) is 14.5. The molecule has 1 fully saturated rings. The fourth-order valence-electron chi connectivity index (χ4n) is 2.79. The Morgan fingerprint density at radius 2 is 2.35 bits per heavy atom. The number of carbonyl (C=O) groups excluding carboxylic acids is 1. The number of rotatable bonds is 4.